The van der Waals surface area contributed by atoms with Crippen LogP contribution in [0.15, 0.2) is 109 Å². The van der Waals surface area contributed by atoms with E-state index in [1.807, 2.05) is 109 Å². The lowest BCUT2D eigenvalue weighted by Crippen LogP contribution is -2.62. The molecule has 52 heavy (non-hydrogen) atoms. The number of nitrogens with one attached hydrogen (secondary N) is 2. The van der Waals surface area contributed by atoms with Crippen molar-refractivity contribution in [1.29, 1.82) is 0 Å². The Kier molecular flexibility index (Phi) is 12.3. The normalized spacial score (nSPS) is 15.8. The molecule has 10 heteroatoms. The standard InChI is InChI=1S/C42H48N4O6/c1-41(2,3)37(43-40(49)52-4)38(47)44-45(28-33-19-13-18-31(26-33)23-22-30-14-7-5-8-15-30)29-42(50,27-32-16-9-6-10-17-32)39(48)46(51)36-25-24-34-20-11-12-21-35(34)36/h5-23,26,36-37,50-51H,24-25,27-29H2,1-4H3,(H,43,49)(H,44,47)/t36?,37-,42+/m1/s1. The van der Waals surface area contributed by atoms with Gasteiger partial charge in [-0.15, -0.1) is 0 Å². The molecule has 0 fully saturated rings. The Balaban J connectivity index is 1.50. The number of aryl methyl sites for hydroxylation is 1. The van der Waals surface area contributed by atoms with Crippen LogP contribution in [0.5, 0.6) is 0 Å². The van der Waals surface area contributed by atoms with Crippen molar-refractivity contribution >= 4 is 30.1 Å². The highest BCUT2D eigenvalue weighted by Gasteiger charge is 2.45. The zero-order chi connectivity index (χ0) is 37.3. The summed E-state index contributed by atoms with van der Waals surface area (Å²) in [6.07, 6.45) is 4.24. The van der Waals surface area contributed by atoms with Crippen molar-refractivity contribution in [3.8, 4) is 0 Å². The zero-order valence-corrected chi connectivity index (χ0v) is 30.2. The number of ether oxygens (including phenoxy) is 1. The number of hydrazine groups is 1. The number of benzene rings is 4. The predicted octanol–water partition coefficient (Wildman–Crippen LogP) is 6.34. The highest BCUT2D eigenvalue weighted by molar-refractivity contribution is 5.87. The minimum absolute atomic E-state index is 0.0793. The van der Waals surface area contributed by atoms with E-state index in [-0.39, 0.29) is 13.0 Å². The van der Waals surface area contributed by atoms with Crippen molar-refractivity contribution in [2.45, 2.75) is 64.3 Å². The Morgan fingerprint density at radius 3 is 2.17 bits per heavy atom. The van der Waals surface area contributed by atoms with Crippen LogP contribution in [0.25, 0.3) is 12.2 Å². The van der Waals surface area contributed by atoms with Gasteiger partial charge in [0.05, 0.1) is 19.7 Å². The van der Waals surface area contributed by atoms with Crippen LogP contribution in [-0.2, 0) is 33.7 Å². The van der Waals surface area contributed by atoms with Crippen molar-refractivity contribution < 1.29 is 29.4 Å². The number of methoxy groups -OCH3 is 1. The minimum atomic E-state index is -2.20. The number of hydrogen-bond acceptors (Lipinski definition) is 7. The number of aliphatic hydroxyl groups is 1. The number of hydroxylamine groups is 2. The van der Waals surface area contributed by atoms with Crippen LogP contribution >= 0.6 is 0 Å². The van der Waals surface area contributed by atoms with Gasteiger partial charge in [0.2, 0.25) is 0 Å². The van der Waals surface area contributed by atoms with E-state index < -0.39 is 47.6 Å². The number of amides is 3. The molecule has 4 aromatic carbocycles. The van der Waals surface area contributed by atoms with Crippen molar-refractivity contribution in [1.82, 2.24) is 20.8 Å². The Morgan fingerprint density at radius 2 is 1.48 bits per heavy atom. The third kappa shape index (κ3) is 9.73. The number of carbonyl (C=O) groups is 3. The van der Waals surface area contributed by atoms with Gasteiger partial charge in [-0.3, -0.25) is 20.2 Å². The van der Waals surface area contributed by atoms with E-state index in [0.29, 0.717) is 23.5 Å². The number of carbonyl (C=O) groups excluding carboxylic acids is 3. The first kappa shape index (κ1) is 38.0. The van der Waals surface area contributed by atoms with Crippen LogP contribution in [0.1, 0.15) is 66.6 Å². The van der Waals surface area contributed by atoms with E-state index in [9.17, 15) is 24.7 Å². The van der Waals surface area contributed by atoms with E-state index in [1.54, 1.807) is 32.9 Å². The van der Waals surface area contributed by atoms with Crippen molar-refractivity contribution in [3.05, 3.63) is 143 Å². The lowest BCUT2D eigenvalue weighted by atomic mass is 9.86. The molecule has 1 aliphatic carbocycles. The molecule has 272 valence electrons. The van der Waals surface area contributed by atoms with Crippen molar-refractivity contribution in [3.63, 3.8) is 0 Å². The number of nitrogens with zero attached hydrogens (tertiary/aromatic N) is 2. The highest BCUT2D eigenvalue weighted by Crippen LogP contribution is 2.36. The van der Waals surface area contributed by atoms with Gasteiger partial charge in [-0.05, 0) is 51.6 Å². The molecule has 0 heterocycles. The van der Waals surface area contributed by atoms with Crippen LogP contribution < -0.4 is 10.7 Å². The lowest BCUT2D eigenvalue weighted by molar-refractivity contribution is -0.199. The summed E-state index contributed by atoms with van der Waals surface area (Å²) in [5.41, 5.74) is 5.21. The van der Waals surface area contributed by atoms with E-state index in [2.05, 4.69) is 10.7 Å². The molecular formula is C42H48N4O6. The van der Waals surface area contributed by atoms with Crippen molar-refractivity contribution in [2.24, 2.45) is 5.41 Å². The molecule has 0 spiro atoms. The maximum atomic E-state index is 14.4. The summed E-state index contributed by atoms with van der Waals surface area (Å²) in [5, 5.41) is 28.7. The second-order valence-corrected chi connectivity index (χ2v) is 14.4. The summed E-state index contributed by atoms with van der Waals surface area (Å²) in [6.45, 7) is 5.10. The van der Waals surface area contributed by atoms with Gasteiger partial charge in [0.1, 0.15) is 6.04 Å². The van der Waals surface area contributed by atoms with Gasteiger partial charge >= 0.3 is 6.09 Å². The summed E-state index contributed by atoms with van der Waals surface area (Å²) in [5.74, 6) is -1.46. The second kappa shape index (κ2) is 16.8. The first-order valence-electron chi connectivity index (χ1n) is 17.4. The van der Waals surface area contributed by atoms with Crippen LogP contribution in [0, 0.1) is 5.41 Å². The highest BCUT2D eigenvalue weighted by atomic mass is 16.5. The van der Waals surface area contributed by atoms with Crippen molar-refractivity contribution in [2.75, 3.05) is 13.7 Å². The largest absolute Gasteiger partial charge is 0.453 e. The molecule has 0 aliphatic heterocycles. The summed E-state index contributed by atoms with van der Waals surface area (Å²) in [7, 11) is 1.22. The number of hydrogen-bond donors (Lipinski definition) is 4. The number of fused-ring (bicyclic) bond motifs is 1. The quantitative estimate of drug-likeness (QED) is 0.0726. The molecule has 10 nitrogen and oxygen atoms in total. The van der Waals surface area contributed by atoms with Crippen LogP contribution in [0.2, 0.25) is 0 Å². The summed E-state index contributed by atoms with van der Waals surface area (Å²) in [6, 6.07) is 32.6. The monoisotopic (exact) mass is 704 g/mol. The SMILES string of the molecule is COC(=O)N[C@H](C(=O)NN(Cc1cccc(C=Cc2ccccc2)c1)C[C@@](O)(Cc1ccccc1)C(=O)N(O)C1CCc2ccccc21)C(C)(C)C. The third-order valence-electron chi connectivity index (χ3n) is 9.23. The summed E-state index contributed by atoms with van der Waals surface area (Å²) < 4.78 is 4.81. The Hall–Kier alpha value is -5.29. The van der Waals surface area contributed by atoms with Gasteiger partial charge in [-0.25, -0.2) is 14.9 Å². The van der Waals surface area contributed by atoms with Gasteiger partial charge in [0.15, 0.2) is 5.60 Å². The fraction of sp³-hybridized carbons (Fsp3) is 0.310. The molecule has 4 aromatic rings. The molecule has 0 bridgehead atoms. The topological polar surface area (TPSA) is 131 Å². The van der Waals surface area contributed by atoms with Gasteiger partial charge in [0.25, 0.3) is 11.8 Å². The fourth-order valence-corrected chi connectivity index (χ4v) is 6.57. The number of alkyl carbamates (subject to hydrolysis) is 1. The average Bonchev–Trinajstić information content (AvgIpc) is 3.57. The van der Waals surface area contributed by atoms with E-state index in [0.717, 1.165) is 27.8 Å². The Bertz CT molecular complexity index is 1860. The van der Waals surface area contributed by atoms with E-state index >= 15 is 0 Å². The van der Waals surface area contributed by atoms with E-state index in [4.69, 9.17) is 4.74 Å². The smallest absolute Gasteiger partial charge is 0.407 e. The van der Waals surface area contributed by atoms with Crippen LogP contribution in [0.4, 0.5) is 4.79 Å². The summed E-state index contributed by atoms with van der Waals surface area (Å²) in [4.78, 5) is 40.7. The molecular weight excluding hydrogens is 656 g/mol. The Labute approximate surface area is 305 Å². The molecule has 1 aliphatic rings. The summed E-state index contributed by atoms with van der Waals surface area (Å²) >= 11 is 0. The second-order valence-electron chi connectivity index (χ2n) is 14.4. The molecule has 0 saturated carbocycles. The minimum Gasteiger partial charge on any atom is -0.453 e. The lowest BCUT2D eigenvalue weighted by Gasteiger charge is -2.38. The van der Waals surface area contributed by atoms with Gasteiger partial charge in [-0.1, -0.05) is 142 Å². The molecule has 0 aromatic heterocycles. The maximum Gasteiger partial charge on any atom is 0.407 e. The number of rotatable bonds is 13. The maximum absolute atomic E-state index is 14.4. The molecule has 5 rings (SSSR count). The molecule has 4 N–H and O–H groups in total. The zero-order valence-electron chi connectivity index (χ0n) is 30.2. The molecule has 3 amide bonds. The molecule has 0 saturated heterocycles. The molecule has 0 radical (unpaired) electrons. The molecule has 3 atom stereocenters. The van der Waals surface area contributed by atoms with Crippen LogP contribution in [-0.4, -0.2) is 63.6 Å². The van der Waals surface area contributed by atoms with Gasteiger partial charge in [0, 0.05) is 13.0 Å². The van der Waals surface area contributed by atoms with Gasteiger partial charge < -0.3 is 15.2 Å². The molecule has 1 unspecified atom stereocenters. The predicted molar refractivity (Wildman–Crippen MR) is 200 cm³/mol. The van der Waals surface area contributed by atoms with Gasteiger partial charge in [-0.2, -0.15) is 0 Å². The fourth-order valence-electron chi connectivity index (χ4n) is 6.57. The van der Waals surface area contributed by atoms with E-state index in [1.165, 1.54) is 12.1 Å². The van der Waals surface area contributed by atoms with Crippen LogP contribution in [0.3, 0.4) is 0 Å². The first-order chi connectivity index (χ1) is 24.9. The Morgan fingerprint density at radius 1 is 0.865 bits per heavy atom. The first-order valence-corrected chi connectivity index (χ1v) is 17.4. The average molecular weight is 705 g/mol. The third-order valence-corrected chi connectivity index (χ3v) is 9.23.